The third-order valence-corrected chi connectivity index (χ3v) is 3.05. The van der Waals surface area contributed by atoms with Gasteiger partial charge in [-0.2, -0.15) is 0 Å². The summed E-state index contributed by atoms with van der Waals surface area (Å²) < 4.78 is 5.48. The Labute approximate surface area is 102 Å². The van der Waals surface area contributed by atoms with Gasteiger partial charge in [-0.1, -0.05) is 22.0 Å². The van der Waals surface area contributed by atoms with E-state index in [4.69, 9.17) is 0 Å². The van der Waals surface area contributed by atoms with E-state index in [1.54, 1.807) is 0 Å². The Morgan fingerprint density at radius 1 is 1.19 bits per heavy atom. The minimum atomic E-state index is -0.432. The van der Waals surface area contributed by atoms with E-state index < -0.39 is 11.9 Å². The molecular weight excluding hydrogens is 272 g/mol. The standard InChI is InChI=1S/C12H11BrO3/c1-7-2-8(4-10(13)3-7)9-5-11(14)16-12(15)6-9/h2-4,9H,5-6H2,1H3. The van der Waals surface area contributed by atoms with Gasteiger partial charge in [-0.25, -0.2) is 0 Å². The summed E-state index contributed by atoms with van der Waals surface area (Å²) in [6, 6.07) is 5.94. The van der Waals surface area contributed by atoms with Crippen LogP contribution in [0.1, 0.15) is 29.9 Å². The highest BCUT2D eigenvalue weighted by Gasteiger charge is 2.28. The Bertz CT molecular complexity index is 417. The van der Waals surface area contributed by atoms with Gasteiger partial charge in [0.05, 0.1) is 12.8 Å². The summed E-state index contributed by atoms with van der Waals surface area (Å²) in [7, 11) is 0. The summed E-state index contributed by atoms with van der Waals surface area (Å²) in [6.07, 6.45) is 0.559. The minimum absolute atomic E-state index is 0.0510. The molecule has 1 saturated heterocycles. The van der Waals surface area contributed by atoms with Gasteiger partial charge in [-0.05, 0) is 30.2 Å². The van der Waals surface area contributed by atoms with Crippen LogP contribution in [0.4, 0.5) is 0 Å². The molecule has 0 aliphatic carbocycles. The largest absolute Gasteiger partial charge is 0.393 e. The van der Waals surface area contributed by atoms with Crippen molar-refractivity contribution in [3.05, 3.63) is 33.8 Å². The van der Waals surface area contributed by atoms with E-state index in [0.29, 0.717) is 0 Å². The highest BCUT2D eigenvalue weighted by molar-refractivity contribution is 9.10. The minimum Gasteiger partial charge on any atom is -0.393 e. The van der Waals surface area contributed by atoms with E-state index in [2.05, 4.69) is 20.7 Å². The summed E-state index contributed by atoms with van der Waals surface area (Å²) >= 11 is 3.41. The van der Waals surface area contributed by atoms with Crippen molar-refractivity contribution in [3.8, 4) is 0 Å². The maximum Gasteiger partial charge on any atom is 0.314 e. The number of benzene rings is 1. The molecule has 16 heavy (non-hydrogen) atoms. The van der Waals surface area contributed by atoms with Gasteiger partial charge < -0.3 is 4.74 Å². The lowest BCUT2D eigenvalue weighted by Crippen LogP contribution is -2.24. The summed E-state index contributed by atoms with van der Waals surface area (Å²) in [6.45, 7) is 1.98. The Balaban J connectivity index is 2.29. The van der Waals surface area contributed by atoms with Crippen molar-refractivity contribution in [1.29, 1.82) is 0 Å². The van der Waals surface area contributed by atoms with Crippen LogP contribution in [0, 0.1) is 6.92 Å². The van der Waals surface area contributed by atoms with Gasteiger partial charge in [0.15, 0.2) is 0 Å². The number of carbonyl (C=O) groups excluding carboxylic acids is 2. The molecule has 0 atom stereocenters. The lowest BCUT2D eigenvalue weighted by atomic mass is 9.90. The second-order valence-corrected chi connectivity index (χ2v) is 4.93. The Hall–Kier alpha value is -1.16. The van der Waals surface area contributed by atoms with Crippen LogP contribution >= 0.6 is 15.9 Å². The van der Waals surface area contributed by atoms with Crippen molar-refractivity contribution in [3.63, 3.8) is 0 Å². The third-order valence-electron chi connectivity index (χ3n) is 2.59. The van der Waals surface area contributed by atoms with Gasteiger partial charge in [0.1, 0.15) is 0 Å². The summed E-state index contributed by atoms with van der Waals surface area (Å²) in [5.74, 6) is -0.914. The molecule has 0 spiro atoms. The number of rotatable bonds is 1. The SMILES string of the molecule is Cc1cc(Br)cc(C2CC(=O)OC(=O)C2)c1. The smallest absolute Gasteiger partial charge is 0.314 e. The average Bonchev–Trinajstić information content (AvgIpc) is 2.14. The number of hydrogen-bond donors (Lipinski definition) is 0. The zero-order chi connectivity index (χ0) is 11.7. The molecule has 0 N–H and O–H groups in total. The summed E-state index contributed by atoms with van der Waals surface area (Å²) in [5.41, 5.74) is 2.12. The summed E-state index contributed by atoms with van der Waals surface area (Å²) in [5, 5.41) is 0. The van der Waals surface area contributed by atoms with Crippen molar-refractivity contribution >= 4 is 27.9 Å². The van der Waals surface area contributed by atoms with E-state index in [9.17, 15) is 9.59 Å². The topological polar surface area (TPSA) is 43.4 Å². The van der Waals surface area contributed by atoms with E-state index in [-0.39, 0.29) is 18.8 Å². The Morgan fingerprint density at radius 2 is 1.81 bits per heavy atom. The van der Waals surface area contributed by atoms with Crippen LogP contribution in [0.2, 0.25) is 0 Å². The fourth-order valence-corrected chi connectivity index (χ4v) is 2.55. The molecule has 0 radical (unpaired) electrons. The molecule has 2 rings (SSSR count). The fourth-order valence-electron chi connectivity index (χ4n) is 1.92. The first kappa shape index (κ1) is 11.3. The fraction of sp³-hybridized carbons (Fsp3) is 0.333. The van der Waals surface area contributed by atoms with Gasteiger partial charge in [-0.15, -0.1) is 0 Å². The number of halogens is 1. The monoisotopic (exact) mass is 282 g/mol. The average molecular weight is 283 g/mol. The van der Waals surface area contributed by atoms with Gasteiger partial charge in [-0.3, -0.25) is 9.59 Å². The molecule has 1 aromatic carbocycles. The lowest BCUT2D eigenvalue weighted by molar-refractivity contribution is -0.163. The Morgan fingerprint density at radius 3 is 2.38 bits per heavy atom. The van der Waals surface area contributed by atoms with Gasteiger partial charge in [0, 0.05) is 10.4 Å². The maximum absolute atomic E-state index is 11.2. The van der Waals surface area contributed by atoms with Crippen LogP contribution < -0.4 is 0 Å². The molecule has 4 heteroatoms. The predicted molar refractivity (Wildman–Crippen MR) is 62.0 cm³/mol. The summed E-state index contributed by atoms with van der Waals surface area (Å²) in [4.78, 5) is 22.3. The number of carbonyl (C=O) groups is 2. The molecule has 1 aliphatic rings. The highest BCUT2D eigenvalue weighted by Crippen LogP contribution is 2.30. The lowest BCUT2D eigenvalue weighted by Gasteiger charge is -2.20. The molecular formula is C12H11BrO3. The number of ether oxygens (including phenoxy) is 1. The van der Waals surface area contributed by atoms with Crippen molar-refractivity contribution in [2.45, 2.75) is 25.7 Å². The first-order valence-corrected chi connectivity index (χ1v) is 5.84. The second kappa shape index (κ2) is 4.37. The van der Waals surface area contributed by atoms with E-state index in [1.807, 2.05) is 25.1 Å². The molecule has 3 nitrogen and oxygen atoms in total. The van der Waals surface area contributed by atoms with Gasteiger partial charge in [0.25, 0.3) is 0 Å². The van der Waals surface area contributed by atoms with Gasteiger partial charge in [0.2, 0.25) is 0 Å². The van der Waals surface area contributed by atoms with Crippen molar-refractivity contribution in [2.75, 3.05) is 0 Å². The Kier molecular flexibility index (Phi) is 3.10. The quantitative estimate of drug-likeness (QED) is 0.588. The van der Waals surface area contributed by atoms with Crippen molar-refractivity contribution in [1.82, 2.24) is 0 Å². The number of esters is 2. The molecule has 1 aliphatic heterocycles. The van der Waals surface area contributed by atoms with E-state index >= 15 is 0 Å². The van der Waals surface area contributed by atoms with Crippen LogP contribution in [0.5, 0.6) is 0 Å². The molecule has 0 saturated carbocycles. The molecule has 84 valence electrons. The van der Waals surface area contributed by atoms with Crippen LogP contribution in [-0.2, 0) is 14.3 Å². The molecule has 1 heterocycles. The van der Waals surface area contributed by atoms with Gasteiger partial charge >= 0.3 is 11.9 Å². The second-order valence-electron chi connectivity index (χ2n) is 4.01. The zero-order valence-corrected chi connectivity index (χ0v) is 10.4. The van der Waals surface area contributed by atoms with Crippen LogP contribution in [0.25, 0.3) is 0 Å². The maximum atomic E-state index is 11.2. The van der Waals surface area contributed by atoms with E-state index in [0.717, 1.165) is 15.6 Å². The molecule has 1 fully saturated rings. The molecule has 0 unspecified atom stereocenters. The van der Waals surface area contributed by atoms with Crippen LogP contribution in [0.15, 0.2) is 22.7 Å². The van der Waals surface area contributed by atoms with Crippen molar-refractivity contribution in [2.24, 2.45) is 0 Å². The highest BCUT2D eigenvalue weighted by atomic mass is 79.9. The van der Waals surface area contributed by atoms with Crippen LogP contribution in [0.3, 0.4) is 0 Å². The first-order valence-electron chi connectivity index (χ1n) is 5.05. The van der Waals surface area contributed by atoms with E-state index in [1.165, 1.54) is 0 Å². The molecule has 0 amide bonds. The van der Waals surface area contributed by atoms with Crippen LogP contribution in [-0.4, -0.2) is 11.9 Å². The molecule has 1 aromatic rings. The normalized spacial score (nSPS) is 17.4. The first-order chi connectivity index (χ1) is 7.54. The number of aryl methyl sites for hydroxylation is 1. The number of cyclic esters (lactones) is 2. The number of hydrogen-bond acceptors (Lipinski definition) is 3. The zero-order valence-electron chi connectivity index (χ0n) is 8.83. The third kappa shape index (κ3) is 2.50. The molecule has 0 bridgehead atoms. The predicted octanol–water partition coefficient (Wildman–Crippen LogP) is 2.70. The molecule has 0 aromatic heterocycles. The van der Waals surface area contributed by atoms with Crippen molar-refractivity contribution < 1.29 is 14.3 Å².